The number of nitrogens with one attached hydrogen (secondary N) is 1. The van der Waals surface area contributed by atoms with E-state index in [0.29, 0.717) is 12.1 Å². The van der Waals surface area contributed by atoms with E-state index in [1.54, 1.807) is 0 Å². The Hall–Kier alpha value is -2.56. The lowest BCUT2D eigenvalue weighted by molar-refractivity contribution is -0.139. The molecule has 0 aliphatic heterocycles. The highest BCUT2D eigenvalue weighted by Crippen LogP contribution is 2.44. The molecule has 0 saturated carbocycles. The van der Waals surface area contributed by atoms with Gasteiger partial charge in [0.1, 0.15) is 5.52 Å². The first kappa shape index (κ1) is 17.3. The zero-order valence-electron chi connectivity index (χ0n) is 11.8. The van der Waals surface area contributed by atoms with E-state index in [1.165, 1.54) is 0 Å². The van der Waals surface area contributed by atoms with Crippen LogP contribution in [-0.2, 0) is 6.18 Å². The Morgan fingerprint density at radius 1 is 1.00 bits per heavy atom. The Morgan fingerprint density at radius 2 is 1.68 bits per heavy atom. The largest absolute Gasteiger partial charge is 0.490 e. The van der Waals surface area contributed by atoms with Crippen molar-refractivity contribution in [2.24, 2.45) is 0 Å². The monoisotopic (exact) mass is 381 g/mol. The third kappa shape index (κ3) is 3.18. The number of imidazole rings is 1. The molecule has 2 aromatic heterocycles. The molecule has 3 aromatic rings. The fraction of sp³-hybridized carbons (Fsp3) is 0.154. The van der Waals surface area contributed by atoms with E-state index < -0.39 is 39.7 Å². The minimum Gasteiger partial charge on any atom is -0.340 e. The maximum absolute atomic E-state index is 13.6. The summed E-state index contributed by atoms with van der Waals surface area (Å²) in [4.78, 5) is 12.6. The van der Waals surface area contributed by atoms with Crippen LogP contribution in [0.15, 0.2) is 30.6 Å². The van der Waals surface area contributed by atoms with Crippen LogP contribution in [0.2, 0.25) is 5.28 Å². The lowest BCUT2D eigenvalue weighted by atomic mass is 10.1. The normalized spacial score (nSPS) is 12.6. The van der Waals surface area contributed by atoms with Crippen molar-refractivity contribution >= 4 is 34.3 Å². The number of rotatable bonds is 2. The van der Waals surface area contributed by atoms with Crippen LogP contribution in [0.5, 0.6) is 0 Å². The van der Waals surface area contributed by atoms with Crippen molar-refractivity contribution in [1.82, 2.24) is 19.9 Å². The van der Waals surface area contributed by atoms with Gasteiger partial charge in [0, 0.05) is 0 Å². The molecule has 0 atom stereocenters. The number of hydrogen-bond acceptors (Lipinski definition) is 4. The van der Waals surface area contributed by atoms with Crippen LogP contribution in [0.25, 0.3) is 11.2 Å². The van der Waals surface area contributed by atoms with E-state index >= 15 is 0 Å². The highest BCUT2D eigenvalue weighted by Gasteiger charge is 2.45. The van der Waals surface area contributed by atoms with Gasteiger partial charge in [-0.05, 0) is 23.7 Å². The van der Waals surface area contributed by atoms with Crippen LogP contribution in [0.4, 0.5) is 37.8 Å². The summed E-state index contributed by atoms with van der Waals surface area (Å²) in [6, 6.07) is 3.27. The molecule has 0 amide bonds. The summed E-state index contributed by atoms with van der Waals surface area (Å²) in [5.74, 6) is -0.892. The van der Waals surface area contributed by atoms with Gasteiger partial charge in [-0.1, -0.05) is 12.1 Å². The first-order chi connectivity index (χ1) is 11.6. The maximum atomic E-state index is 13.6. The van der Waals surface area contributed by atoms with Crippen LogP contribution < -0.4 is 4.90 Å². The standard InChI is InChI=1S/C13H6ClF6N5/c14-11-23-9-8(21-5-22-9)10(24-11)25(13(18,19)20)7-4-2-1-3-6(7)12(15,16)17/h1-5H,(H,21,22,23,24). The maximum Gasteiger partial charge on any atom is 0.490 e. The number of hydrogen-bond donors (Lipinski definition) is 1. The molecule has 0 fully saturated rings. The summed E-state index contributed by atoms with van der Waals surface area (Å²) in [5, 5.41) is -0.590. The minimum atomic E-state index is -5.23. The highest BCUT2D eigenvalue weighted by molar-refractivity contribution is 6.28. The van der Waals surface area contributed by atoms with E-state index in [2.05, 4.69) is 19.9 Å². The van der Waals surface area contributed by atoms with Crippen molar-refractivity contribution in [2.45, 2.75) is 12.5 Å². The number of alkyl halides is 6. The first-order valence-electron chi connectivity index (χ1n) is 6.49. The molecule has 0 saturated heterocycles. The lowest BCUT2D eigenvalue weighted by Crippen LogP contribution is -2.36. The molecule has 25 heavy (non-hydrogen) atoms. The Kier molecular flexibility index (Phi) is 3.98. The number of H-pyrrole nitrogens is 1. The summed E-state index contributed by atoms with van der Waals surface area (Å²) in [6.07, 6.45) is -9.20. The number of aromatic nitrogens is 4. The van der Waals surface area contributed by atoms with Gasteiger partial charge in [-0.3, -0.25) is 0 Å². The van der Waals surface area contributed by atoms with Crippen molar-refractivity contribution in [1.29, 1.82) is 0 Å². The third-order valence-corrected chi connectivity index (χ3v) is 3.32. The molecule has 1 aromatic carbocycles. The van der Waals surface area contributed by atoms with Crippen LogP contribution in [-0.4, -0.2) is 26.2 Å². The second-order valence-electron chi connectivity index (χ2n) is 4.74. The van der Waals surface area contributed by atoms with Crippen molar-refractivity contribution in [2.75, 3.05) is 4.90 Å². The zero-order chi connectivity index (χ0) is 18.4. The number of aromatic amines is 1. The highest BCUT2D eigenvalue weighted by atomic mass is 35.5. The van der Waals surface area contributed by atoms with Gasteiger partial charge < -0.3 is 4.98 Å². The number of benzene rings is 1. The van der Waals surface area contributed by atoms with Gasteiger partial charge in [0.05, 0.1) is 17.6 Å². The zero-order valence-corrected chi connectivity index (χ0v) is 12.6. The second kappa shape index (κ2) is 5.76. The Balaban J connectivity index is 2.33. The molecular weight excluding hydrogens is 376 g/mol. The summed E-state index contributed by atoms with van der Waals surface area (Å²) in [6.45, 7) is 0. The van der Waals surface area contributed by atoms with Gasteiger partial charge in [0.25, 0.3) is 0 Å². The molecule has 0 unspecified atom stereocenters. The summed E-state index contributed by atoms with van der Waals surface area (Å²) in [5.41, 5.74) is -3.14. The van der Waals surface area contributed by atoms with Gasteiger partial charge in [0.2, 0.25) is 5.28 Å². The van der Waals surface area contributed by atoms with Gasteiger partial charge in [-0.2, -0.15) is 23.1 Å². The quantitative estimate of drug-likeness (QED) is 0.398. The molecule has 2 heterocycles. The van der Waals surface area contributed by atoms with E-state index in [-0.39, 0.29) is 11.2 Å². The van der Waals surface area contributed by atoms with Crippen molar-refractivity contribution in [3.05, 3.63) is 41.4 Å². The lowest BCUT2D eigenvalue weighted by Gasteiger charge is -2.28. The average Bonchev–Trinajstić information content (AvgIpc) is 2.93. The minimum absolute atomic E-state index is 0.214. The first-order valence-corrected chi connectivity index (χ1v) is 6.86. The molecule has 12 heteroatoms. The number of fused-ring (bicyclic) bond motifs is 1. The third-order valence-electron chi connectivity index (χ3n) is 3.15. The molecule has 5 nitrogen and oxygen atoms in total. The Bertz CT molecular complexity index is 919. The Labute approximate surface area is 140 Å². The molecular formula is C13H6ClF6N5. The molecule has 0 bridgehead atoms. The summed E-state index contributed by atoms with van der Waals surface area (Å²) >= 11 is 5.60. The van der Waals surface area contributed by atoms with E-state index in [9.17, 15) is 26.3 Å². The van der Waals surface area contributed by atoms with Crippen molar-refractivity contribution < 1.29 is 26.3 Å². The average molecular weight is 382 g/mol. The van der Waals surface area contributed by atoms with E-state index in [0.717, 1.165) is 18.5 Å². The molecule has 0 aliphatic carbocycles. The van der Waals surface area contributed by atoms with Crippen molar-refractivity contribution in [3.63, 3.8) is 0 Å². The fourth-order valence-electron chi connectivity index (χ4n) is 2.23. The van der Waals surface area contributed by atoms with E-state index in [1.807, 2.05) is 0 Å². The molecule has 132 valence electrons. The fourth-order valence-corrected chi connectivity index (χ4v) is 2.39. The molecule has 0 spiro atoms. The van der Waals surface area contributed by atoms with Gasteiger partial charge >= 0.3 is 12.5 Å². The molecule has 0 aliphatic rings. The molecule has 1 N–H and O–H groups in total. The summed E-state index contributed by atoms with van der Waals surface area (Å²) in [7, 11) is 0. The van der Waals surface area contributed by atoms with Crippen LogP contribution >= 0.6 is 11.6 Å². The van der Waals surface area contributed by atoms with Gasteiger partial charge in [-0.15, -0.1) is 13.2 Å². The topological polar surface area (TPSA) is 57.7 Å². The summed E-state index contributed by atoms with van der Waals surface area (Å²) < 4.78 is 80.5. The van der Waals surface area contributed by atoms with Gasteiger partial charge in [0.15, 0.2) is 11.5 Å². The predicted octanol–water partition coefficient (Wildman–Crippen LogP) is 4.68. The van der Waals surface area contributed by atoms with Gasteiger partial charge in [-0.25, -0.2) is 9.88 Å². The smallest absolute Gasteiger partial charge is 0.340 e. The van der Waals surface area contributed by atoms with Crippen LogP contribution in [0.3, 0.4) is 0 Å². The van der Waals surface area contributed by atoms with E-state index in [4.69, 9.17) is 11.6 Å². The SMILES string of the molecule is FC(F)(F)c1ccccc1N(c1nc(Cl)nc2nc[nH]c12)C(F)(F)F. The molecule has 3 rings (SSSR count). The number of nitrogens with zero attached hydrogens (tertiary/aromatic N) is 4. The molecule has 0 radical (unpaired) electrons. The van der Waals surface area contributed by atoms with Crippen LogP contribution in [0, 0.1) is 0 Å². The second-order valence-corrected chi connectivity index (χ2v) is 5.07. The van der Waals surface area contributed by atoms with Crippen molar-refractivity contribution in [3.8, 4) is 0 Å². The number of para-hydroxylation sites is 1. The van der Waals surface area contributed by atoms with Crippen LogP contribution in [0.1, 0.15) is 5.56 Å². The predicted molar refractivity (Wildman–Crippen MR) is 76.3 cm³/mol. The number of halogens is 7. The Morgan fingerprint density at radius 3 is 2.32 bits per heavy atom. The number of anilines is 2.